The molecule has 0 radical (unpaired) electrons. The van der Waals surface area contributed by atoms with E-state index in [1.165, 1.54) is 12.8 Å². The Morgan fingerprint density at radius 2 is 1.80 bits per heavy atom. The van der Waals surface area contributed by atoms with E-state index in [0.29, 0.717) is 5.92 Å². The summed E-state index contributed by atoms with van der Waals surface area (Å²) in [6.07, 6.45) is 2.41. The minimum atomic E-state index is 0.0438. The molecule has 0 amide bonds. The zero-order chi connectivity index (χ0) is 14.0. The van der Waals surface area contributed by atoms with Gasteiger partial charge in [0.25, 0.3) is 0 Å². The lowest BCUT2D eigenvalue weighted by atomic mass is 9.73. The van der Waals surface area contributed by atoms with E-state index in [1.807, 2.05) is 30.3 Å². The molecule has 0 spiro atoms. The van der Waals surface area contributed by atoms with E-state index in [2.05, 4.69) is 29.4 Å². The van der Waals surface area contributed by atoms with Crippen molar-refractivity contribution >= 4 is 0 Å². The molecule has 1 aliphatic rings. The summed E-state index contributed by atoms with van der Waals surface area (Å²) < 4.78 is 0. The molecule has 2 heterocycles. The summed E-state index contributed by atoms with van der Waals surface area (Å²) in [6, 6.07) is 10.1. The Bertz CT molecular complexity index is 553. The molecular weight excluding hydrogens is 248 g/mol. The molecule has 1 aromatic heterocycles. The van der Waals surface area contributed by atoms with Gasteiger partial charge in [0.2, 0.25) is 0 Å². The van der Waals surface area contributed by atoms with Crippen LogP contribution >= 0.6 is 0 Å². The van der Waals surface area contributed by atoms with Crippen LogP contribution in [-0.4, -0.2) is 28.3 Å². The van der Waals surface area contributed by atoms with E-state index < -0.39 is 0 Å². The second-order valence-corrected chi connectivity index (χ2v) is 6.12. The molecule has 1 aromatic carbocycles. The van der Waals surface area contributed by atoms with Crippen LogP contribution in [-0.2, 0) is 5.41 Å². The lowest BCUT2D eigenvalue weighted by molar-refractivity contribution is 0.237. The number of hydrogen-bond donors (Lipinski definition) is 2. The number of aromatic nitrogens is 3. The molecule has 20 heavy (non-hydrogen) atoms. The fraction of sp³-hybridized carbons (Fsp3) is 0.500. The number of nitrogens with zero attached hydrogens (tertiary/aromatic N) is 2. The lowest BCUT2D eigenvalue weighted by Crippen LogP contribution is -2.38. The highest BCUT2D eigenvalue weighted by Gasteiger charge is 2.35. The number of piperidine rings is 1. The standard InChI is InChI=1S/C16H22N4/c1-16(2,13-8-10-17-11-9-13)15-18-14(19-20-15)12-6-4-3-5-7-12/h3-7,13,17H,8-11H2,1-2H3,(H,18,19,20). The summed E-state index contributed by atoms with van der Waals surface area (Å²) in [5.41, 5.74) is 1.11. The van der Waals surface area contributed by atoms with Crippen LogP contribution in [0.25, 0.3) is 11.4 Å². The second-order valence-electron chi connectivity index (χ2n) is 6.12. The quantitative estimate of drug-likeness (QED) is 0.901. The highest BCUT2D eigenvalue weighted by atomic mass is 15.2. The molecule has 2 aromatic rings. The van der Waals surface area contributed by atoms with Gasteiger partial charge < -0.3 is 5.32 Å². The average Bonchev–Trinajstić information content (AvgIpc) is 3.00. The van der Waals surface area contributed by atoms with Crippen LogP contribution in [0, 0.1) is 5.92 Å². The van der Waals surface area contributed by atoms with Gasteiger partial charge in [-0.3, -0.25) is 5.10 Å². The summed E-state index contributed by atoms with van der Waals surface area (Å²) in [6.45, 7) is 6.76. The fourth-order valence-corrected chi connectivity index (χ4v) is 3.00. The van der Waals surface area contributed by atoms with Crippen molar-refractivity contribution in [3.05, 3.63) is 36.2 Å². The van der Waals surface area contributed by atoms with Crippen molar-refractivity contribution in [3.63, 3.8) is 0 Å². The van der Waals surface area contributed by atoms with Gasteiger partial charge in [0, 0.05) is 11.0 Å². The van der Waals surface area contributed by atoms with Crippen LogP contribution in [0.4, 0.5) is 0 Å². The average molecular weight is 270 g/mol. The first kappa shape index (κ1) is 13.3. The van der Waals surface area contributed by atoms with Crippen molar-refractivity contribution in [1.82, 2.24) is 20.5 Å². The molecule has 1 saturated heterocycles. The van der Waals surface area contributed by atoms with Crippen molar-refractivity contribution in [2.75, 3.05) is 13.1 Å². The van der Waals surface area contributed by atoms with Crippen molar-refractivity contribution in [3.8, 4) is 11.4 Å². The first-order valence-corrected chi connectivity index (χ1v) is 7.37. The Balaban J connectivity index is 1.85. The van der Waals surface area contributed by atoms with Gasteiger partial charge in [-0.25, -0.2) is 4.98 Å². The first-order chi connectivity index (χ1) is 9.68. The Labute approximate surface area is 120 Å². The zero-order valence-corrected chi connectivity index (χ0v) is 12.2. The normalized spacial score (nSPS) is 17.3. The number of aromatic amines is 1. The second kappa shape index (κ2) is 5.37. The molecule has 0 unspecified atom stereocenters. The third kappa shape index (κ3) is 2.48. The maximum atomic E-state index is 4.74. The van der Waals surface area contributed by atoms with Gasteiger partial charge in [-0.15, -0.1) is 0 Å². The minimum absolute atomic E-state index is 0.0438. The lowest BCUT2D eigenvalue weighted by Gasteiger charge is -2.35. The van der Waals surface area contributed by atoms with Gasteiger partial charge in [0.1, 0.15) is 5.82 Å². The molecule has 0 bridgehead atoms. The third-order valence-electron chi connectivity index (χ3n) is 4.49. The first-order valence-electron chi connectivity index (χ1n) is 7.37. The molecule has 4 nitrogen and oxygen atoms in total. The maximum Gasteiger partial charge on any atom is 0.181 e. The van der Waals surface area contributed by atoms with E-state index in [9.17, 15) is 0 Å². The van der Waals surface area contributed by atoms with Crippen LogP contribution in [0.5, 0.6) is 0 Å². The largest absolute Gasteiger partial charge is 0.317 e. The summed E-state index contributed by atoms with van der Waals surface area (Å²) in [5.74, 6) is 2.45. The van der Waals surface area contributed by atoms with E-state index >= 15 is 0 Å². The van der Waals surface area contributed by atoms with Crippen LogP contribution in [0.15, 0.2) is 30.3 Å². The molecule has 1 aliphatic heterocycles. The zero-order valence-electron chi connectivity index (χ0n) is 12.2. The molecule has 3 rings (SSSR count). The van der Waals surface area contributed by atoms with E-state index in [1.54, 1.807) is 0 Å². The van der Waals surface area contributed by atoms with Crippen molar-refractivity contribution in [1.29, 1.82) is 0 Å². The van der Waals surface area contributed by atoms with E-state index in [4.69, 9.17) is 4.98 Å². The van der Waals surface area contributed by atoms with Crippen LogP contribution < -0.4 is 5.32 Å². The molecule has 1 fully saturated rings. The smallest absolute Gasteiger partial charge is 0.181 e. The minimum Gasteiger partial charge on any atom is -0.317 e. The Morgan fingerprint density at radius 3 is 2.50 bits per heavy atom. The highest BCUT2D eigenvalue weighted by Crippen LogP contribution is 2.35. The molecular formula is C16H22N4. The molecule has 4 heteroatoms. The third-order valence-corrected chi connectivity index (χ3v) is 4.49. The monoisotopic (exact) mass is 270 g/mol. The number of H-pyrrole nitrogens is 1. The van der Waals surface area contributed by atoms with Crippen LogP contribution in [0.3, 0.4) is 0 Å². The molecule has 0 atom stereocenters. The number of hydrogen-bond acceptors (Lipinski definition) is 3. The van der Waals surface area contributed by atoms with Gasteiger partial charge in [-0.05, 0) is 31.8 Å². The SMILES string of the molecule is CC(C)(c1nc(-c2ccccc2)n[nH]1)C1CCNCC1. The van der Waals surface area contributed by atoms with E-state index in [-0.39, 0.29) is 5.41 Å². The predicted molar refractivity (Wildman–Crippen MR) is 80.4 cm³/mol. The Kier molecular flexibility index (Phi) is 3.57. The highest BCUT2D eigenvalue weighted by molar-refractivity contribution is 5.54. The Hall–Kier alpha value is -1.68. The number of benzene rings is 1. The summed E-state index contributed by atoms with van der Waals surface area (Å²) >= 11 is 0. The number of rotatable bonds is 3. The van der Waals surface area contributed by atoms with E-state index in [0.717, 1.165) is 30.3 Å². The topological polar surface area (TPSA) is 53.6 Å². The van der Waals surface area contributed by atoms with Gasteiger partial charge in [-0.2, -0.15) is 5.10 Å². The summed E-state index contributed by atoms with van der Waals surface area (Å²) in [7, 11) is 0. The summed E-state index contributed by atoms with van der Waals surface area (Å²) in [4.78, 5) is 4.74. The van der Waals surface area contributed by atoms with Gasteiger partial charge in [0.05, 0.1) is 0 Å². The summed E-state index contributed by atoms with van der Waals surface area (Å²) in [5, 5.41) is 11.0. The predicted octanol–water partition coefficient (Wildman–Crippen LogP) is 2.75. The van der Waals surface area contributed by atoms with Crippen LogP contribution in [0.2, 0.25) is 0 Å². The van der Waals surface area contributed by atoms with Crippen molar-refractivity contribution < 1.29 is 0 Å². The molecule has 106 valence electrons. The molecule has 0 saturated carbocycles. The van der Waals surface area contributed by atoms with Gasteiger partial charge >= 0.3 is 0 Å². The van der Waals surface area contributed by atoms with Gasteiger partial charge in [-0.1, -0.05) is 44.2 Å². The van der Waals surface area contributed by atoms with Gasteiger partial charge in [0.15, 0.2) is 5.82 Å². The Morgan fingerprint density at radius 1 is 1.10 bits per heavy atom. The number of nitrogens with one attached hydrogen (secondary N) is 2. The molecule has 0 aliphatic carbocycles. The fourth-order valence-electron chi connectivity index (χ4n) is 3.00. The van der Waals surface area contributed by atoms with Crippen molar-refractivity contribution in [2.24, 2.45) is 5.92 Å². The molecule has 2 N–H and O–H groups in total. The maximum absolute atomic E-state index is 4.74. The van der Waals surface area contributed by atoms with Crippen molar-refractivity contribution in [2.45, 2.75) is 32.1 Å². The van der Waals surface area contributed by atoms with Crippen LogP contribution in [0.1, 0.15) is 32.5 Å².